The van der Waals surface area contributed by atoms with Gasteiger partial charge in [-0.3, -0.25) is 0 Å². The first-order chi connectivity index (χ1) is 7.74. The van der Waals surface area contributed by atoms with Crippen LogP contribution in [-0.2, 0) is 12.8 Å². The highest BCUT2D eigenvalue weighted by Gasteiger charge is 2.19. The van der Waals surface area contributed by atoms with Crippen LogP contribution in [0.2, 0.25) is 0 Å². The molecule has 1 fully saturated rings. The fraction of sp³-hybridized carbons (Fsp3) is 0.833. The van der Waals surface area contributed by atoms with Crippen LogP contribution in [-0.4, -0.2) is 22.8 Å². The summed E-state index contributed by atoms with van der Waals surface area (Å²) in [4.78, 5) is 0. The highest BCUT2D eigenvalue weighted by Crippen LogP contribution is 2.19. The third-order valence-corrected chi connectivity index (χ3v) is 3.84. The second-order valence-electron chi connectivity index (χ2n) is 5.00. The van der Waals surface area contributed by atoms with E-state index in [1.807, 2.05) is 0 Å². The molecule has 0 atom stereocenters. The Kier molecular flexibility index (Phi) is 4.29. The largest absolute Gasteiger partial charge is 0.314 e. The topological polar surface area (TPSA) is 37.8 Å². The van der Waals surface area contributed by atoms with Gasteiger partial charge in [0.25, 0.3) is 0 Å². The van der Waals surface area contributed by atoms with E-state index >= 15 is 0 Å². The van der Waals surface area contributed by atoms with Gasteiger partial charge in [0, 0.05) is 25.4 Å². The van der Waals surface area contributed by atoms with E-state index in [9.17, 15) is 0 Å². The molecule has 1 heterocycles. The van der Waals surface area contributed by atoms with Gasteiger partial charge in [-0.2, -0.15) is 0 Å². The molecule has 0 unspecified atom stereocenters. The molecule has 0 aromatic carbocycles. The van der Waals surface area contributed by atoms with E-state index in [-0.39, 0.29) is 0 Å². The molecular weight excluding hydrogens is 218 g/mol. The van der Waals surface area contributed by atoms with Gasteiger partial charge < -0.3 is 5.32 Å². The summed E-state index contributed by atoms with van der Waals surface area (Å²) in [5.74, 6) is 0.754. The predicted octanol–water partition coefficient (Wildman–Crippen LogP) is 2.42. The van der Waals surface area contributed by atoms with Crippen LogP contribution in [0.3, 0.4) is 0 Å². The van der Waals surface area contributed by atoms with Crippen LogP contribution in [0.5, 0.6) is 0 Å². The summed E-state index contributed by atoms with van der Waals surface area (Å²) in [7, 11) is 0. The van der Waals surface area contributed by atoms with E-state index in [0.29, 0.717) is 0 Å². The molecular formula is C12H21N3S. The van der Waals surface area contributed by atoms with Crippen LogP contribution in [0.25, 0.3) is 0 Å². The van der Waals surface area contributed by atoms with E-state index in [4.69, 9.17) is 0 Å². The van der Waals surface area contributed by atoms with E-state index in [2.05, 4.69) is 29.4 Å². The van der Waals surface area contributed by atoms with Crippen LogP contribution in [0.15, 0.2) is 0 Å². The molecule has 0 spiro atoms. The maximum absolute atomic E-state index is 4.24. The Balaban J connectivity index is 1.68. The Bertz CT molecular complexity index is 318. The number of nitrogens with one attached hydrogen (secondary N) is 1. The van der Waals surface area contributed by atoms with Crippen molar-refractivity contribution in [3.8, 4) is 0 Å². The summed E-state index contributed by atoms with van der Waals surface area (Å²) >= 11 is 1.78. The summed E-state index contributed by atoms with van der Waals surface area (Å²) in [6, 6.07) is 0.799. The molecule has 3 nitrogen and oxygen atoms in total. The van der Waals surface area contributed by atoms with Crippen molar-refractivity contribution in [3.63, 3.8) is 0 Å². The Hall–Kier alpha value is -0.480. The van der Waals surface area contributed by atoms with Crippen LogP contribution in [0, 0.1) is 5.92 Å². The first-order valence-electron chi connectivity index (χ1n) is 6.28. The number of hydrogen-bond donors (Lipinski definition) is 1. The molecule has 4 heteroatoms. The second kappa shape index (κ2) is 5.73. The van der Waals surface area contributed by atoms with Gasteiger partial charge in [0.2, 0.25) is 0 Å². The number of aromatic nitrogens is 2. The van der Waals surface area contributed by atoms with Crippen molar-refractivity contribution in [2.24, 2.45) is 5.92 Å². The first kappa shape index (κ1) is 12.0. The number of aryl methyl sites for hydroxylation is 1. The molecule has 0 saturated heterocycles. The Morgan fingerprint density at radius 3 is 2.56 bits per heavy atom. The van der Waals surface area contributed by atoms with Crippen LogP contribution in [0.1, 0.15) is 43.1 Å². The van der Waals surface area contributed by atoms with Crippen molar-refractivity contribution in [1.82, 2.24) is 15.5 Å². The SMILES string of the molecule is CC(C)CCc1nnc(CCNC2CC2)s1. The van der Waals surface area contributed by atoms with Crippen molar-refractivity contribution in [2.75, 3.05) is 6.54 Å². The fourth-order valence-corrected chi connectivity index (χ4v) is 2.43. The molecule has 0 amide bonds. The van der Waals surface area contributed by atoms with Crippen LogP contribution >= 0.6 is 11.3 Å². The minimum atomic E-state index is 0.754. The molecule has 1 aliphatic carbocycles. The van der Waals surface area contributed by atoms with Crippen molar-refractivity contribution in [3.05, 3.63) is 10.0 Å². The molecule has 1 aromatic heterocycles. The Morgan fingerprint density at radius 1 is 1.25 bits per heavy atom. The second-order valence-corrected chi connectivity index (χ2v) is 6.15. The average Bonchev–Trinajstić information content (AvgIpc) is 2.94. The van der Waals surface area contributed by atoms with Gasteiger partial charge in [0.15, 0.2) is 0 Å². The lowest BCUT2D eigenvalue weighted by molar-refractivity contribution is 0.583. The molecule has 1 saturated carbocycles. The van der Waals surface area contributed by atoms with Gasteiger partial charge in [-0.15, -0.1) is 21.5 Å². The quantitative estimate of drug-likeness (QED) is 0.794. The normalized spacial score (nSPS) is 15.9. The molecule has 90 valence electrons. The lowest BCUT2D eigenvalue weighted by atomic mass is 10.1. The highest BCUT2D eigenvalue weighted by molar-refractivity contribution is 7.11. The van der Waals surface area contributed by atoms with Gasteiger partial charge in [-0.1, -0.05) is 13.8 Å². The van der Waals surface area contributed by atoms with E-state index in [0.717, 1.165) is 31.3 Å². The number of hydrogen-bond acceptors (Lipinski definition) is 4. The van der Waals surface area contributed by atoms with Gasteiger partial charge >= 0.3 is 0 Å². The number of nitrogens with zero attached hydrogens (tertiary/aromatic N) is 2. The van der Waals surface area contributed by atoms with E-state index < -0.39 is 0 Å². The highest BCUT2D eigenvalue weighted by atomic mass is 32.1. The van der Waals surface area contributed by atoms with Crippen molar-refractivity contribution in [1.29, 1.82) is 0 Å². The zero-order valence-electron chi connectivity index (χ0n) is 10.2. The Labute approximate surface area is 102 Å². The third-order valence-electron chi connectivity index (χ3n) is 2.79. The summed E-state index contributed by atoms with van der Waals surface area (Å²) in [6.07, 6.45) is 6.06. The first-order valence-corrected chi connectivity index (χ1v) is 7.10. The van der Waals surface area contributed by atoms with Crippen LogP contribution < -0.4 is 5.32 Å². The van der Waals surface area contributed by atoms with E-state index in [1.54, 1.807) is 11.3 Å². The van der Waals surface area contributed by atoms with Gasteiger partial charge in [-0.05, 0) is 25.2 Å². The van der Waals surface area contributed by atoms with Crippen LogP contribution in [0.4, 0.5) is 0 Å². The molecule has 0 aliphatic heterocycles. The molecule has 16 heavy (non-hydrogen) atoms. The summed E-state index contributed by atoms with van der Waals surface area (Å²) in [5.41, 5.74) is 0. The lowest BCUT2D eigenvalue weighted by Crippen LogP contribution is -2.19. The summed E-state index contributed by atoms with van der Waals surface area (Å²) in [5, 5.41) is 14.4. The molecule has 1 N–H and O–H groups in total. The van der Waals surface area contributed by atoms with Gasteiger partial charge in [0.1, 0.15) is 10.0 Å². The summed E-state index contributed by atoms with van der Waals surface area (Å²) < 4.78 is 0. The summed E-state index contributed by atoms with van der Waals surface area (Å²) in [6.45, 7) is 5.56. The smallest absolute Gasteiger partial charge is 0.118 e. The predicted molar refractivity (Wildman–Crippen MR) is 67.8 cm³/mol. The maximum Gasteiger partial charge on any atom is 0.118 e. The molecule has 1 aromatic rings. The van der Waals surface area contributed by atoms with Crippen molar-refractivity contribution < 1.29 is 0 Å². The van der Waals surface area contributed by atoms with Crippen molar-refractivity contribution >= 4 is 11.3 Å². The maximum atomic E-state index is 4.24. The van der Waals surface area contributed by atoms with Gasteiger partial charge in [-0.25, -0.2) is 0 Å². The minimum absolute atomic E-state index is 0.754. The van der Waals surface area contributed by atoms with E-state index in [1.165, 1.54) is 29.3 Å². The molecule has 1 aliphatic rings. The average molecular weight is 239 g/mol. The zero-order valence-corrected chi connectivity index (χ0v) is 11.0. The Morgan fingerprint density at radius 2 is 1.94 bits per heavy atom. The monoisotopic (exact) mass is 239 g/mol. The molecule has 0 radical (unpaired) electrons. The minimum Gasteiger partial charge on any atom is -0.314 e. The fourth-order valence-electron chi connectivity index (χ4n) is 1.57. The zero-order chi connectivity index (χ0) is 11.4. The number of rotatable bonds is 7. The standard InChI is InChI=1S/C12H21N3S/c1-9(2)3-6-11-14-15-12(16-11)7-8-13-10-4-5-10/h9-10,13H,3-8H2,1-2H3. The third kappa shape index (κ3) is 4.18. The van der Waals surface area contributed by atoms with Crippen molar-refractivity contribution in [2.45, 2.75) is 52.0 Å². The van der Waals surface area contributed by atoms with Gasteiger partial charge in [0.05, 0.1) is 0 Å². The molecule has 2 rings (SSSR count). The lowest BCUT2D eigenvalue weighted by Gasteiger charge is -1.99. The molecule has 0 bridgehead atoms.